The van der Waals surface area contributed by atoms with Crippen LogP contribution < -0.4 is 10.6 Å². The molecule has 2 aliphatic carbocycles. The van der Waals surface area contributed by atoms with Gasteiger partial charge in [-0.05, 0) is 79.8 Å². The number of hydrogen-bond donors (Lipinski definition) is 2. The quantitative estimate of drug-likeness (QED) is 0.677. The summed E-state index contributed by atoms with van der Waals surface area (Å²) >= 11 is 5.87. The molecule has 2 fully saturated rings. The molecule has 0 heterocycles. The molecule has 2 aromatic carbocycles. The molecule has 140 valence electrons. The number of benzene rings is 2. The Hall–Kier alpha value is -2.33. The van der Waals surface area contributed by atoms with Gasteiger partial charge in [0, 0.05) is 17.0 Å². The Bertz CT molecular complexity index is 830. The highest BCUT2D eigenvalue weighted by Gasteiger charge is 2.42. The Morgan fingerprint density at radius 2 is 1.44 bits per heavy atom. The van der Waals surface area contributed by atoms with Gasteiger partial charge in [-0.3, -0.25) is 9.59 Å². The summed E-state index contributed by atoms with van der Waals surface area (Å²) in [5.41, 5.74) is 1.75. The van der Waals surface area contributed by atoms with Gasteiger partial charge in [0.15, 0.2) is 0 Å². The van der Waals surface area contributed by atoms with E-state index in [1.807, 2.05) is 18.2 Å². The third kappa shape index (κ3) is 4.69. The Labute approximate surface area is 164 Å². The standard InChI is InChI=1S/C22H23ClN2O2/c23-17-11-9-16(10-12-17)22(27)25-20-4-2-1-3-19(20)24-21(26)13-18(14-5-6-14)15-7-8-15/h1-4,9-12,14-15,18H,5-8,13H2,(H,24,26)(H,25,27). The first-order valence-electron chi connectivity index (χ1n) is 9.56. The number of nitrogens with one attached hydrogen (secondary N) is 2. The second-order valence-corrected chi connectivity index (χ2v) is 8.03. The van der Waals surface area contributed by atoms with Crippen molar-refractivity contribution in [3.63, 3.8) is 0 Å². The second-order valence-electron chi connectivity index (χ2n) is 7.60. The van der Waals surface area contributed by atoms with Crippen LogP contribution in [0.1, 0.15) is 42.5 Å². The minimum atomic E-state index is -0.234. The van der Waals surface area contributed by atoms with Crippen molar-refractivity contribution in [2.75, 3.05) is 10.6 Å². The fraction of sp³-hybridized carbons (Fsp3) is 0.364. The summed E-state index contributed by atoms with van der Waals surface area (Å²) in [6, 6.07) is 14.0. The fourth-order valence-corrected chi connectivity index (χ4v) is 3.81. The Kier molecular flexibility index (Phi) is 5.17. The molecule has 27 heavy (non-hydrogen) atoms. The molecule has 4 rings (SSSR count). The van der Waals surface area contributed by atoms with Crippen LogP contribution in [0.5, 0.6) is 0 Å². The Balaban J connectivity index is 1.42. The normalized spacial score (nSPS) is 16.2. The maximum atomic E-state index is 12.6. The van der Waals surface area contributed by atoms with Crippen molar-refractivity contribution in [2.45, 2.75) is 32.1 Å². The Morgan fingerprint density at radius 3 is 2.00 bits per heavy atom. The van der Waals surface area contributed by atoms with Gasteiger partial charge in [-0.2, -0.15) is 0 Å². The van der Waals surface area contributed by atoms with E-state index in [1.54, 1.807) is 30.3 Å². The van der Waals surface area contributed by atoms with Crippen LogP contribution in [0, 0.1) is 17.8 Å². The number of carbonyl (C=O) groups is 2. The molecular formula is C22H23ClN2O2. The van der Waals surface area contributed by atoms with Gasteiger partial charge in [-0.15, -0.1) is 0 Å². The fourth-order valence-electron chi connectivity index (χ4n) is 3.68. The minimum absolute atomic E-state index is 0.0343. The number of para-hydroxylation sites is 2. The average Bonchev–Trinajstić information content (AvgIpc) is 3.56. The maximum Gasteiger partial charge on any atom is 0.255 e. The predicted molar refractivity (Wildman–Crippen MR) is 108 cm³/mol. The van der Waals surface area contributed by atoms with Gasteiger partial charge in [0.05, 0.1) is 11.4 Å². The van der Waals surface area contributed by atoms with Crippen LogP contribution in [0.2, 0.25) is 5.02 Å². The summed E-state index contributed by atoms with van der Waals surface area (Å²) in [7, 11) is 0. The highest BCUT2D eigenvalue weighted by atomic mass is 35.5. The third-order valence-electron chi connectivity index (χ3n) is 5.43. The Morgan fingerprint density at radius 1 is 0.889 bits per heavy atom. The average molecular weight is 383 g/mol. The molecular weight excluding hydrogens is 360 g/mol. The molecule has 5 heteroatoms. The first-order valence-corrected chi connectivity index (χ1v) is 9.94. The summed E-state index contributed by atoms with van der Waals surface area (Å²) in [4.78, 5) is 25.1. The third-order valence-corrected chi connectivity index (χ3v) is 5.68. The smallest absolute Gasteiger partial charge is 0.255 e. The SMILES string of the molecule is O=C(CC(C1CC1)C1CC1)Nc1ccccc1NC(=O)c1ccc(Cl)cc1. The van der Waals surface area contributed by atoms with Crippen molar-refractivity contribution in [3.05, 3.63) is 59.1 Å². The molecule has 2 aliphatic rings. The van der Waals surface area contributed by atoms with E-state index >= 15 is 0 Å². The van der Waals surface area contributed by atoms with Crippen LogP contribution in [-0.2, 0) is 4.79 Å². The molecule has 0 atom stereocenters. The minimum Gasteiger partial charge on any atom is -0.324 e. The van der Waals surface area contributed by atoms with Crippen molar-refractivity contribution in [1.82, 2.24) is 0 Å². The summed E-state index contributed by atoms with van der Waals surface area (Å²) in [6.07, 6.45) is 5.64. The van der Waals surface area contributed by atoms with E-state index < -0.39 is 0 Å². The first kappa shape index (κ1) is 18.1. The predicted octanol–water partition coefficient (Wildman–Crippen LogP) is 5.36. The number of anilines is 2. The van der Waals surface area contributed by atoms with Gasteiger partial charge < -0.3 is 10.6 Å². The van der Waals surface area contributed by atoms with Gasteiger partial charge in [0.25, 0.3) is 5.91 Å². The van der Waals surface area contributed by atoms with Crippen LogP contribution in [0.3, 0.4) is 0 Å². The molecule has 0 unspecified atom stereocenters. The van der Waals surface area contributed by atoms with E-state index in [0.29, 0.717) is 34.3 Å². The van der Waals surface area contributed by atoms with Gasteiger partial charge in [0.2, 0.25) is 5.91 Å². The van der Waals surface area contributed by atoms with E-state index in [2.05, 4.69) is 10.6 Å². The second kappa shape index (κ2) is 7.73. The summed E-state index contributed by atoms with van der Waals surface area (Å²) in [6.45, 7) is 0. The van der Waals surface area contributed by atoms with E-state index in [9.17, 15) is 9.59 Å². The van der Waals surface area contributed by atoms with Gasteiger partial charge in [-0.25, -0.2) is 0 Å². The number of carbonyl (C=O) groups excluding carboxylic acids is 2. The van der Waals surface area contributed by atoms with Crippen molar-refractivity contribution in [2.24, 2.45) is 17.8 Å². The van der Waals surface area contributed by atoms with Crippen LogP contribution in [0.15, 0.2) is 48.5 Å². The molecule has 0 bridgehead atoms. The van der Waals surface area contributed by atoms with E-state index in [-0.39, 0.29) is 11.8 Å². The maximum absolute atomic E-state index is 12.6. The first-order chi connectivity index (χ1) is 13.1. The zero-order valence-corrected chi connectivity index (χ0v) is 15.8. The largest absolute Gasteiger partial charge is 0.324 e. The highest BCUT2D eigenvalue weighted by molar-refractivity contribution is 6.30. The lowest BCUT2D eigenvalue weighted by atomic mass is 9.94. The molecule has 0 aliphatic heterocycles. The van der Waals surface area contributed by atoms with Gasteiger partial charge >= 0.3 is 0 Å². The lowest BCUT2D eigenvalue weighted by Gasteiger charge is -2.16. The molecule has 2 saturated carbocycles. The monoisotopic (exact) mass is 382 g/mol. The number of amides is 2. The summed E-state index contributed by atoms with van der Waals surface area (Å²) in [5.74, 6) is 1.81. The number of hydrogen-bond acceptors (Lipinski definition) is 2. The van der Waals surface area contributed by atoms with Gasteiger partial charge in [0.1, 0.15) is 0 Å². The van der Waals surface area contributed by atoms with Gasteiger partial charge in [-0.1, -0.05) is 23.7 Å². The molecule has 0 spiro atoms. The van der Waals surface area contributed by atoms with Crippen LogP contribution in [-0.4, -0.2) is 11.8 Å². The molecule has 2 amide bonds. The molecule has 4 nitrogen and oxygen atoms in total. The van der Waals surface area contributed by atoms with E-state index in [0.717, 1.165) is 11.8 Å². The zero-order chi connectivity index (χ0) is 18.8. The molecule has 0 saturated heterocycles. The molecule has 0 radical (unpaired) electrons. The lowest BCUT2D eigenvalue weighted by Crippen LogP contribution is -2.20. The lowest BCUT2D eigenvalue weighted by molar-refractivity contribution is -0.117. The summed E-state index contributed by atoms with van der Waals surface area (Å²) < 4.78 is 0. The molecule has 2 N–H and O–H groups in total. The van der Waals surface area contributed by atoms with Crippen molar-refractivity contribution in [1.29, 1.82) is 0 Å². The van der Waals surface area contributed by atoms with Crippen molar-refractivity contribution < 1.29 is 9.59 Å². The molecule has 0 aromatic heterocycles. The van der Waals surface area contributed by atoms with Crippen LogP contribution in [0.25, 0.3) is 0 Å². The van der Waals surface area contributed by atoms with Crippen LogP contribution >= 0.6 is 11.6 Å². The van der Waals surface area contributed by atoms with Crippen molar-refractivity contribution in [3.8, 4) is 0 Å². The summed E-state index contributed by atoms with van der Waals surface area (Å²) in [5, 5.41) is 6.46. The topological polar surface area (TPSA) is 58.2 Å². The molecule has 2 aromatic rings. The van der Waals surface area contributed by atoms with E-state index in [4.69, 9.17) is 11.6 Å². The van der Waals surface area contributed by atoms with Crippen molar-refractivity contribution >= 4 is 34.8 Å². The number of halogens is 1. The zero-order valence-electron chi connectivity index (χ0n) is 15.1. The van der Waals surface area contributed by atoms with E-state index in [1.165, 1.54) is 25.7 Å². The number of rotatable bonds is 7. The van der Waals surface area contributed by atoms with Crippen LogP contribution in [0.4, 0.5) is 11.4 Å². The highest BCUT2D eigenvalue weighted by Crippen LogP contribution is 2.50.